The molecule has 5 nitrogen and oxygen atoms in total. The first-order valence-electron chi connectivity index (χ1n) is 6.67. The molecule has 0 spiro atoms. The van der Waals surface area contributed by atoms with Crippen molar-refractivity contribution >= 4 is 51.2 Å². The molecule has 1 saturated carbocycles. The van der Waals surface area contributed by atoms with Gasteiger partial charge >= 0.3 is 5.97 Å². The number of aromatic nitrogens is 3. The van der Waals surface area contributed by atoms with E-state index in [1.807, 2.05) is 20.8 Å². The number of fused-ring (bicyclic) bond motifs is 1. The molecule has 112 valence electrons. The van der Waals surface area contributed by atoms with Gasteiger partial charge in [0, 0.05) is 3.57 Å². The van der Waals surface area contributed by atoms with Crippen LogP contribution in [0.25, 0.3) is 11.0 Å². The molecule has 7 heteroatoms. The number of hydrogen-bond donors (Lipinski definition) is 0. The number of ether oxygens (including phenoxy) is 1. The first-order valence-corrected chi connectivity index (χ1v) is 8.12. The molecule has 0 saturated heterocycles. The van der Waals surface area contributed by atoms with E-state index in [0.29, 0.717) is 23.6 Å². The topological polar surface area (TPSA) is 57.0 Å². The maximum Gasteiger partial charge on any atom is 0.334 e. The minimum Gasteiger partial charge on any atom is -0.458 e. The second-order valence-electron chi connectivity index (χ2n) is 6.25. The zero-order chi connectivity index (χ0) is 15.4. The van der Waals surface area contributed by atoms with Gasteiger partial charge in [0.1, 0.15) is 10.8 Å². The molecule has 0 unspecified atom stereocenters. The van der Waals surface area contributed by atoms with Crippen LogP contribution in [0.5, 0.6) is 0 Å². The molecule has 2 heterocycles. The summed E-state index contributed by atoms with van der Waals surface area (Å²) in [6.45, 7) is 5.58. The number of esters is 1. The van der Waals surface area contributed by atoms with Crippen molar-refractivity contribution in [3.05, 3.63) is 21.0 Å². The number of carbonyl (C=O) groups is 1. The van der Waals surface area contributed by atoms with Crippen molar-refractivity contribution in [3.63, 3.8) is 0 Å². The number of halogens is 2. The predicted octanol–water partition coefficient (Wildman–Crippen LogP) is 3.52. The predicted molar refractivity (Wildman–Crippen MR) is 88.3 cm³/mol. The lowest BCUT2D eigenvalue weighted by Crippen LogP contribution is -2.36. The molecule has 2 aromatic rings. The molecule has 0 amide bonds. The molecule has 0 aliphatic heterocycles. The Kier molecular flexibility index (Phi) is 3.44. The van der Waals surface area contributed by atoms with Gasteiger partial charge in [-0.05, 0) is 62.3 Å². The van der Waals surface area contributed by atoms with Gasteiger partial charge in [-0.1, -0.05) is 11.6 Å². The highest BCUT2D eigenvalue weighted by atomic mass is 127. The van der Waals surface area contributed by atoms with Crippen molar-refractivity contribution in [2.24, 2.45) is 0 Å². The van der Waals surface area contributed by atoms with Crippen LogP contribution in [0.4, 0.5) is 0 Å². The van der Waals surface area contributed by atoms with Crippen LogP contribution >= 0.6 is 34.2 Å². The van der Waals surface area contributed by atoms with Crippen LogP contribution in [0.1, 0.15) is 33.6 Å². The fourth-order valence-corrected chi connectivity index (χ4v) is 3.29. The monoisotopic (exact) mass is 419 g/mol. The van der Waals surface area contributed by atoms with Crippen LogP contribution in [-0.2, 0) is 15.1 Å². The molecule has 0 atom stereocenters. The van der Waals surface area contributed by atoms with Gasteiger partial charge < -0.3 is 4.74 Å². The van der Waals surface area contributed by atoms with Crippen molar-refractivity contribution in [2.75, 3.05) is 0 Å². The van der Waals surface area contributed by atoms with E-state index in [2.05, 4.69) is 32.7 Å². The van der Waals surface area contributed by atoms with Crippen LogP contribution in [0.3, 0.4) is 0 Å². The molecule has 0 radical (unpaired) electrons. The molecule has 1 fully saturated rings. The Hall–Kier alpha value is -0.890. The molecule has 3 rings (SSSR count). The number of pyridine rings is 1. The summed E-state index contributed by atoms with van der Waals surface area (Å²) < 4.78 is 8.17. The van der Waals surface area contributed by atoms with E-state index in [-0.39, 0.29) is 5.97 Å². The van der Waals surface area contributed by atoms with Crippen molar-refractivity contribution in [1.82, 2.24) is 14.8 Å². The number of rotatable bonds is 2. The lowest BCUT2D eigenvalue weighted by molar-refractivity contribution is -0.161. The van der Waals surface area contributed by atoms with Gasteiger partial charge in [0.25, 0.3) is 0 Å². The van der Waals surface area contributed by atoms with E-state index in [1.165, 1.54) is 0 Å². The Bertz CT molecular complexity index is 732. The standard InChI is InChI=1S/C14H15ClIN3O2/c1-13(2,3)21-12(20)14(4-5-14)19-11-8(7-17-19)9(16)6-10(15)18-11/h6-7H,4-5H2,1-3H3. The average Bonchev–Trinajstić information content (AvgIpc) is 3.02. The first kappa shape index (κ1) is 15.0. The zero-order valence-corrected chi connectivity index (χ0v) is 14.9. The molecule has 1 aliphatic carbocycles. The highest BCUT2D eigenvalue weighted by Crippen LogP contribution is 2.46. The van der Waals surface area contributed by atoms with Crippen LogP contribution in [0, 0.1) is 3.57 Å². The number of carbonyl (C=O) groups excluding carboxylic acids is 1. The Balaban J connectivity index is 2.06. The fourth-order valence-electron chi connectivity index (χ4n) is 2.24. The number of hydrogen-bond acceptors (Lipinski definition) is 4. The quantitative estimate of drug-likeness (QED) is 0.425. The minimum absolute atomic E-state index is 0.253. The third-order valence-corrected chi connectivity index (χ3v) is 4.45. The largest absolute Gasteiger partial charge is 0.458 e. The summed E-state index contributed by atoms with van der Waals surface area (Å²) in [5.41, 5.74) is -0.611. The summed E-state index contributed by atoms with van der Waals surface area (Å²) in [5, 5.41) is 5.67. The van der Waals surface area contributed by atoms with Gasteiger partial charge in [0.2, 0.25) is 0 Å². The summed E-state index contributed by atoms with van der Waals surface area (Å²) in [4.78, 5) is 16.8. The maximum atomic E-state index is 12.5. The van der Waals surface area contributed by atoms with Gasteiger partial charge in [-0.25, -0.2) is 14.5 Å². The summed E-state index contributed by atoms with van der Waals surface area (Å²) in [5.74, 6) is -0.253. The number of nitrogens with zero attached hydrogens (tertiary/aromatic N) is 3. The lowest BCUT2D eigenvalue weighted by atomic mass is 10.2. The van der Waals surface area contributed by atoms with Gasteiger partial charge in [-0.15, -0.1) is 0 Å². The van der Waals surface area contributed by atoms with Gasteiger partial charge in [-0.3, -0.25) is 0 Å². The third-order valence-electron chi connectivity index (χ3n) is 3.37. The van der Waals surface area contributed by atoms with Crippen molar-refractivity contribution in [3.8, 4) is 0 Å². The van der Waals surface area contributed by atoms with Crippen molar-refractivity contribution in [1.29, 1.82) is 0 Å². The van der Waals surface area contributed by atoms with E-state index in [1.54, 1.807) is 16.9 Å². The van der Waals surface area contributed by atoms with E-state index < -0.39 is 11.1 Å². The zero-order valence-electron chi connectivity index (χ0n) is 12.0. The Morgan fingerprint density at radius 3 is 2.71 bits per heavy atom. The maximum absolute atomic E-state index is 12.5. The second-order valence-corrected chi connectivity index (χ2v) is 7.80. The second kappa shape index (κ2) is 4.81. The van der Waals surface area contributed by atoms with Gasteiger partial charge in [0.15, 0.2) is 11.2 Å². The van der Waals surface area contributed by atoms with Crippen LogP contribution < -0.4 is 0 Å². The van der Waals surface area contributed by atoms with Crippen molar-refractivity contribution < 1.29 is 9.53 Å². The van der Waals surface area contributed by atoms with E-state index >= 15 is 0 Å². The molecular weight excluding hydrogens is 405 g/mol. The Morgan fingerprint density at radius 2 is 2.14 bits per heavy atom. The molecular formula is C14H15ClIN3O2. The molecule has 21 heavy (non-hydrogen) atoms. The lowest BCUT2D eigenvalue weighted by Gasteiger charge is -2.24. The van der Waals surface area contributed by atoms with Gasteiger partial charge in [0.05, 0.1) is 11.6 Å². The first-order chi connectivity index (χ1) is 9.73. The Labute approximate surface area is 141 Å². The summed E-state index contributed by atoms with van der Waals surface area (Å²) >= 11 is 8.23. The van der Waals surface area contributed by atoms with E-state index in [9.17, 15) is 4.79 Å². The summed E-state index contributed by atoms with van der Waals surface area (Å²) in [7, 11) is 0. The fraction of sp³-hybridized carbons (Fsp3) is 0.500. The SMILES string of the molecule is CC(C)(C)OC(=O)C1(n2ncc3c(I)cc(Cl)nc32)CC1. The highest BCUT2D eigenvalue weighted by molar-refractivity contribution is 14.1. The molecule has 2 aromatic heterocycles. The summed E-state index contributed by atoms with van der Waals surface area (Å²) in [6.07, 6.45) is 3.15. The van der Waals surface area contributed by atoms with Crippen LogP contribution in [-0.4, -0.2) is 26.3 Å². The van der Waals surface area contributed by atoms with E-state index in [4.69, 9.17) is 16.3 Å². The van der Waals surface area contributed by atoms with Gasteiger partial charge in [-0.2, -0.15) is 5.10 Å². The smallest absolute Gasteiger partial charge is 0.334 e. The molecule has 0 bridgehead atoms. The van der Waals surface area contributed by atoms with Crippen molar-refractivity contribution in [2.45, 2.75) is 44.8 Å². The van der Waals surface area contributed by atoms with Crippen LogP contribution in [0.15, 0.2) is 12.3 Å². The highest BCUT2D eigenvalue weighted by Gasteiger charge is 2.56. The third kappa shape index (κ3) is 2.63. The molecule has 1 aliphatic rings. The summed E-state index contributed by atoms with van der Waals surface area (Å²) in [6, 6.07) is 1.78. The Morgan fingerprint density at radius 1 is 1.48 bits per heavy atom. The molecule has 0 N–H and O–H groups in total. The van der Waals surface area contributed by atoms with E-state index in [0.717, 1.165) is 8.96 Å². The normalized spacial score (nSPS) is 17.0. The minimum atomic E-state index is -0.726. The molecule has 0 aromatic carbocycles. The average molecular weight is 420 g/mol. The van der Waals surface area contributed by atoms with Crippen LogP contribution in [0.2, 0.25) is 5.15 Å².